The number of aryl methyl sites for hydroxylation is 1. The van der Waals surface area contributed by atoms with Gasteiger partial charge in [0.05, 0.1) is 6.20 Å². The number of carbonyl (C=O) groups is 1. The summed E-state index contributed by atoms with van der Waals surface area (Å²) in [6.45, 7) is 3.46. The molecule has 0 spiro atoms. The van der Waals surface area contributed by atoms with E-state index < -0.39 is 0 Å². The van der Waals surface area contributed by atoms with Crippen molar-refractivity contribution in [1.29, 1.82) is 0 Å². The van der Waals surface area contributed by atoms with Crippen LogP contribution in [-0.2, 0) is 11.3 Å². The average molecular weight is 289 g/mol. The highest BCUT2D eigenvalue weighted by Gasteiger charge is 2.04. The molecule has 2 rings (SSSR count). The first-order chi connectivity index (χ1) is 10.2. The van der Waals surface area contributed by atoms with E-state index >= 15 is 0 Å². The van der Waals surface area contributed by atoms with Gasteiger partial charge in [0, 0.05) is 31.3 Å². The van der Waals surface area contributed by atoms with Crippen molar-refractivity contribution in [3.05, 3.63) is 42.5 Å². The van der Waals surface area contributed by atoms with Gasteiger partial charge in [0.15, 0.2) is 0 Å². The Labute approximate surface area is 124 Å². The minimum Gasteiger partial charge on any atom is -0.356 e. The minimum absolute atomic E-state index is 0.0859. The summed E-state index contributed by atoms with van der Waals surface area (Å²) in [5, 5.41) is 7.12. The monoisotopic (exact) mass is 289 g/mol. The first kappa shape index (κ1) is 15.2. The second-order valence-corrected chi connectivity index (χ2v) is 4.95. The molecule has 0 aliphatic rings. The Morgan fingerprint density at radius 1 is 1.29 bits per heavy atom. The van der Waals surface area contributed by atoms with Gasteiger partial charge in [-0.25, -0.2) is 4.39 Å². The maximum Gasteiger partial charge on any atom is 0.220 e. The molecule has 0 unspecified atom stereocenters. The van der Waals surface area contributed by atoms with Gasteiger partial charge in [-0.1, -0.05) is 19.1 Å². The number of carbonyl (C=O) groups excluding carboxylic acids is 1. The summed E-state index contributed by atoms with van der Waals surface area (Å²) in [6, 6.07) is 6.33. The Hall–Kier alpha value is -2.17. The normalized spacial score (nSPS) is 10.6. The highest BCUT2D eigenvalue weighted by Crippen LogP contribution is 2.18. The minimum atomic E-state index is -0.246. The number of amides is 1. The third-order valence-corrected chi connectivity index (χ3v) is 3.17. The molecule has 1 N–H and O–H groups in total. The lowest BCUT2D eigenvalue weighted by Crippen LogP contribution is -2.23. The second-order valence-electron chi connectivity index (χ2n) is 4.95. The summed E-state index contributed by atoms with van der Waals surface area (Å²) >= 11 is 0. The van der Waals surface area contributed by atoms with E-state index in [-0.39, 0.29) is 11.7 Å². The molecule has 0 bridgehead atoms. The van der Waals surface area contributed by atoms with E-state index in [2.05, 4.69) is 10.4 Å². The number of aromatic nitrogens is 2. The van der Waals surface area contributed by atoms with Gasteiger partial charge in [-0.2, -0.15) is 5.10 Å². The first-order valence-corrected chi connectivity index (χ1v) is 7.24. The molecule has 2 aromatic rings. The van der Waals surface area contributed by atoms with Crippen LogP contribution in [0.4, 0.5) is 4.39 Å². The molecule has 1 heterocycles. The SMILES string of the molecule is CCCNC(=O)CCCn1cc(-c2ccc(F)cc2)cn1. The summed E-state index contributed by atoms with van der Waals surface area (Å²) < 4.78 is 14.7. The quantitative estimate of drug-likeness (QED) is 0.851. The Balaban J connectivity index is 1.83. The molecule has 0 aliphatic carbocycles. The number of nitrogens with one attached hydrogen (secondary N) is 1. The van der Waals surface area contributed by atoms with Crippen LogP contribution in [-0.4, -0.2) is 22.2 Å². The van der Waals surface area contributed by atoms with Crippen molar-refractivity contribution in [3.63, 3.8) is 0 Å². The van der Waals surface area contributed by atoms with Crippen molar-refractivity contribution in [3.8, 4) is 11.1 Å². The highest BCUT2D eigenvalue weighted by atomic mass is 19.1. The van der Waals surface area contributed by atoms with Gasteiger partial charge in [-0.3, -0.25) is 9.48 Å². The second kappa shape index (κ2) is 7.57. The molecular weight excluding hydrogens is 269 g/mol. The number of nitrogens with zero attached hydrogens (tertiary/aromatic N) is 2. The molecule has 112 valence electrons. The third kappa shape index (κ3) is 4.70. The molecule has 0 aliphatic heterocycles. The smallest absolute Gasteiger partial charge is 0.220 e. The van der Waals surface area contributed by atoms with Gasteiger partial charge in [0.25, 0.3) is 0 Å². The summed E-state index contributed by atoms with van der Waals surface area (Å²) in [7, 11) is 0. The van der Waals surface area contributed by atoms with E-state index in [0.717, 1.165) is 30.5 Å². The predicted octanol–water partition coefficient (Wildman–Crippen LogP) is 3.00. The molecule has 0 atom stereocenters. The largest absolute Gasteiger partial charge is 0.356 e. The van der Waals surface area contributed by atoms with Crippen molar-refractivity contribution in [1.82, 2.24) is 15.1 Å². The number of halogens is 1. The van der Waals surface area contributed by atoms with Gasteiger partial charge in [-0.15, -0.1) is 0 Å². The fourth-order valence-electron chi connectivity index (χ4n) is 2.03. The molecule has 1 aromatic carbocycles. The van der Waals surface area contributed by atoms with Crippen molar-refractivity contribution < 1.29 is 9.18 Å². The summed E-state index contributed by atoms with van der Waals surface area (Å²) in [4.78, 5) is 11.5. The van der Waals surface area contributed by atoms with Gasteiger partial charge in [0.1, 0.15) is 5.82 Å². The maximum atomic E-state index is 12.9. The fraction of sp³-hybridized carbons (Fsp3) is 0.375. The van der Waals surface area contributed by atoms with Crippen LogP contribution in [0.15, 0.2) is 36.7 Å². The zero-order valence-corrected chi connectivity index (χ0v) is 12.2. The molecule has 21 heavy (non-hydrogen) atoms. The van der Waals surface area contributed by atoms with Crippen molar-refractivity contribution in [2.75, 3.05) is 6.54 Å². The standard InChI is InChI=1S/C16H20FN3O/c1-2-9-18-16(21)4-3-10-20-12-14(11-19-20)13-5-7-15(17)8-6-13/h5-8,11-12H,2-4,9-10H2,1H3,(H,18,21). The Kier molecular flexibility index (Phi) is 5.49. The van der Waals surface area contributed by atoms with Crippen LogP contribution >= 0.6 is 0 Å². The Morgan fingerprint density at radius 2 is 2.05 bits per heavy atom. The Bertz CT molecular complexity index is 577. The topological polar surface area (TPSA) is 46.9 Å². The molecule has 0 radical (unpaired) electrons. The lowest BCUT2D eigenvalue weighted by molar-refractivity contribution is -0.121. The third-order valence-electron chi connectivity index (χ3n) is 3.17. The van der Waals surface area contributed by atoms with Gasteiger partial charge in [-0.05, 0) is 30.5 Å². The van der Waals surface area contributed by atoms with Crippen LogP contribution in [0.1, 0.15) is 26.2 Å². The number of hydrogen-bond donors (Lipinski definition) is 1. The summed E-state index contributed by atoms with van der Waals surface area (Å²) in [5.74, 6) is -0.160. The number of rotatable bonds is 7. The van der Waals surface area contributed by atoms with Crippen molar-refractivity contribution in [2.45, 2.75) is 32.7 Å². The average Bonchev–Trinajstić information content (AvgIpc) is 2.95. The fourth-order valence-corrected chi connectivity index (χ4v) is 2.03. The Morgan fingerprint density at radius 3 is 2.76 bits per heavy atom. The zero-order chi connectivity index (χ0) is 15.1. The van der Waals surface area contributed by atoms with Crippen molar-refractivity contribution >= 4 is 5.91 Å². The molecule has 5 heteroatoms. The lowest BCUT2D eigenvalue weighted by atomic mass is 10.1. The van der Waals surface area contributed by atoms with E-state index in [1.807, 2.05) is 17.8 Å². The van der Waals surface area contributed by atoms with Crippen LogP contribution in [0.3, 0.4) is 0 Å². The van der Waals surface area contributed by atoms with Crippen LogP contribution in [0.25, 0.3) is 11.1 Å². The van der Waals surface area contributed by atoms with E-state index in [1.54, 1.807) is 18.3 Å². The van der Waals surface area contributed by atoms with Crippen LogP contribution in [0, 0.1) is 5.82 Å². The zero-order valence-electron chi connectivity index (χ0n) is 12.2. The predicted molar refractivity (Wildman–Crippen MR) is 80.2 cm³/mol. The van der Waals surface area contributed by atoms with Gasteiger partial charge < -0.3 is 5.32 Å². The summed E-state index contributed by atoms with van der Waals surface area (Å²) in [6.07, 6.45) is 5.87. The molecule has 4 nitrogen and oxygen atoms in total. The molecule has 1 amide bonds. The van der Waals surface area contributed by atoms with E-state index in [1.165, 1.54) is 12.1 Å². The van der Waals surface area contributed by atoms with Crippen LogP contribution in [0.5, 0.6) is 0 Å². The molecule has 0 fully saturated rings. The summed E-state index contributed by atoms with van der Waals surface area (Å²) in [5.41, 5.74) is 1.88. The molecule has 0 saturated carbocycles. The first-order valence-electron chi connectivity index (χ1n) is 7.24. The molecule has 0 saturated heterocycles. The number of hydrogen-bond acceptors (Lipinski definition) is 2. The molecular formula is C16H20FN3O. The van der Waals surface area contributed by atoms with E-state index in [9.17, 15) is 9.18 Å². The van der Waals surface area contributed by atoms with E-state index in [4.69, 9.17) is 0 Å². The van der Waals surface area contributed by atoms with Gasteiger partial charge >= 0.3 is 0 Å². The van der Waals surface area contributed by atoms with Crippen molar-refractivity contribution in [2.24, 2.45) is 0 Å². The number of benzene rings is 1. The van der Waals surface area contributed by atoms with Crippen LogP contribution in [0.2, 0.25) is 0 Å². The van der Waals surface area contributed by atoms with E-state index in [0.29, 0.717) is 13.0 Å². The maximum absolute atomic E-state index is 12.9. The lowest BCUT2D eigenvalue weighted by Gasteiger charge is -2.03. The molecule has 1 aromatic heterocycles. The van der Waals surface area contributed by atoms with Crippen LogP contribution < -0.4 is 5.32 Å². The highest BCUT2D eigenvalue weighted by molar-refractivity contribution is 5.75. The van der Waals surface area contributed by atoms with Gasteiger partial charge in [0.2, 0.25) is 5.91 Å².